The van der Waals surface area contributed by atoms with E-state index in [0.29, 0.717) is 17.7 Å². The number of hydrogen-bond acceptors (Lipinski definition) is 3. The van der Waals surface area contributed by atoms with Crippen LogP contribution in [0.15, 0.2) is 18.2 Å². The molecule has 1 aliphatic heterocycles. The fourth-order valence-corrected chi connectivity index (χ4v) is 3.19. The molecule has 1 fully saturated rings. The molecule has 0 saturated carbocycles. The van der Waals surface area contributed by atoms with Crippen molar-refractivity contribution in [1.82, 2.24) is 4.90 Å². The first kappa shape index (κ1) is 16.1. The van der Waals surface area contributed by atoms with Gasteiger partial charge in [0.2, 0.25) is 0 Å². The van der Waals surface area contributed by atoms with E-state index in [1.807, 2.05) is 12.1 Å². The Labute approximate surface area is 131 Å². The fourth-order valence-electron chi connectivity index (χ4n) is 2.77. The van der Waals surface area contributed by atoms with Crippen molar-refractivity contribution in [3.8, 4) is 0 Å². The molecule has 0 amide bonds. The molecular weight excluding hydrogens is 295 g/mol. The van der Waals surface area contributed by atoms with Crippen LogP contribution in [-0.4, -0.2) is 37.2 Å². The predicted octanol–water partition coefficient (Wildman–Crippen LogP) is 3.49. The van der Waals surface area contributed by atoms with Crippen molar-refractivity contribution in [2.75, 3.05) is 26.2 Å². The molecule has 1 aliphatic rings. The van der Waals surface area contributed by atoms with Gasteiger partial charge in [-0.15, -0.1) is 0 Å². The molecule has 2 unspecified atom stereocenters. The highest BCUT2D eigenvalue weighted by Gasteiger charge is 2.25. The van der Waals surface area contributed by atoms with Crippen molar-refractivity contribution < 1.29 is 4.74 Å². The van der Waals surface area contributed by atoms with E-state index in [1.54, 1.807) is 6.07 Å². The molecule has 2 atom stereocenters. The quantitative estimate of drug-likeness (QED) is 0.873. The zero-order chi connectivity index (χ0) is 14.5. The normalized spacial score (nSPS) is 20.6. The first-order valence-corrected chi connectivity index (χ1v) is 7.92. The number of benzene rings is 1. The highest BCUT2D eigenvalue weighted by molar-refractivity contribution is 6.33. The van der Waals surface area contributed by atoms with Crippen LogP contribution >= 0.6 is 23.2 Å². The summed E-state index contributed by atoms with van der Waals surface area (Å²) < 4.78 is 5.73. The summed E-state index contributed by atoms with van der Waals surface area (Å²) in [6.07, 6.45) is 2.58. The first-order chi connectivity index (χ1) is 9.65. The lowest BCUT2D eigenvalue weighted by Gasteiger charge is -2.32. The van der Waals surface area contributed by atoms with Crippen LogP contribution in [0.3, 0.4) is 0 Å². The molecule has 2 rings (SSSR count). The molecule has 20 heavy (non-hydrogen) atoms. The Morgan fingerprint density at radius 2 is 2.25 bits per heavy atom. The van der Waals surface area contributed by atoms with Crippen molar-refractivity contribution in [2.45, 2.75) is 31.9 Å². The van der Waals surface area contributed by atoms with E-state index < -0.39 is 0 Å². The van der Waals surface area contributed by atoms with Crippen LogP contribution < -0.4 is 5.73 Å². The molecule has 1 aromatic carbocycles. The van der Waals surface area contributed by atoms with Crippen LogP contribution in [0.2, 0.25) is 10.0 Å². The van der Waals surface area contributed by atoms with E-state index in [9.17, 15) is 0 Å². The number of hydrogen-bond donors (Lipinski definition) is 1. The van der Waals surface area contributed by atoms with Crippen molar-refractivity contribution in [3.05, 3.63) is 33.8 Å². The molecule has 1 saturated heterocycles. The fraction of sp³-hybridized carbons (Fsp3) is 0.600. The van der Waals surface area contributed by atoms with Gasteiger partial charge in [-0.3, -0.25) is 4.90 Å². The number of ether oxygens (including phenoxy) is 1. The van der Waals surface area contributed by atoms with Crippen LogP contribution in [-0.2, 0) is 4.74 Å². The van der Waals surface area contributed by atoms with Crippen LogP contribution in [0.4, 0.5) is 0 Å². The standard InChI is InChI=1S/C15H22Cl2N2O/c1-2-19(10-12-4-3-7-20-12)15(9-18)13-8-11(16)5-6-14(13)17/h5-6,8,12,15H,2-4,7,9-10,18H2,1H3. The van der Waals surface area contributed by atoms with E-state index >= 15 is 0 Å². The van der Waals surface area contributed by atoms with Crippen LogP contribution in [0.25, 0.3) is 0 Å². The minimum absolute atomic E-state index is 0.0791. The molecule has 1 aromatic rings. The number of nitrogens with two attached hydrogens (primary N) is 1. The highest BCUT2D eigenvalue weighted by atomic mass is 35.5. The minimum atomic E-state index is 0.0791. The van der Waals surface area contributed by atoms with Crippen LogP contribution in [0.5, 0.6) is 0 Å². The molecule has 112 valence electrons. The average molecular weight is 317 g/mol. The molecule has 0 aromatic heterocycles. The number of rotatable bonds is 6. The van der Waals surface area contributed by atoms with Gasteiger partial charge in [-0.25, -0.2) is 0 Å². The zero-order valence-corrected chi connectivity index (χ0v) is 13.3. The third-order valence-corrected chi connectivity index (χ3v) is 4.43. The second kappa shape index (κ2) is 7.62. The summed E-state index contributed by atoms with van der Waals surface area (Å²) >= 11 is 12.4. The summed E-state index contributed by atoms with van der Waals surface area (Å²) in [6.45, 7) is 5.32. The molecule has 2 N–H and O–H groups in total. The van der Waals surface area contributed by atoms with E-state index in [1.165, 1.54) is 0 Å². The average Bonchev–Trinajstić information content (AvgIpc) is 2.95. The summed E-state index contributed by atoms with van der Waals surface area (Å²) in [7, 11) is 0. The Kier molecular flexibility index (Phi) is 6.12. The second-order valence-corrected chi connectivity index (χ2v) is 5.98. The lowest BCUT2D eigenvalue weighted by molar-refractivity contribution is 0.0602. The van der Waals surface area contributed by atoms with Gasteiger partial charge in [-0.1, -0.05) is 30.1 Å². The maximum atomic E-state index is 6.32. The topological polar surface area (TPSA) is 38.5 Å². The molecule has 5 heteroatoms. The smallest absolute Gasteiger partial charge is 0.0703 e. The third-order valence-electron chi connectivity index (χ3n) is 3.85. The van der Waals surface area contributed by atoms with E-state index in [2.05, 4.69) is 11.8 Å². The Morgan fingerprint density at radius 3 is 2.85 bits per heavy atom. The van der Waals surface area contributed by atoms with E-state index in [0.717, 1.165) is 43.1 Å². The molecule has 0 radical (unpaired) electrons. The summed E-state index contributed by atoms with van der Waals surface area (Å²) in [4.78, 5) is 2.33. The van der Waals surface area contributed by atoms with Crippen molar-refractivity contribution in [1.29, 1.82) is 0 Å². The van der Waals surface area contributed by atoms with Gasteiger partial charge in [0.15, 0.2) is 0 Å². The zero-order valence-electron chi connectivity index (χ0n) is 11.8. The van der Waals surface area contributed by atoms with Gasteiger partial charge >= 0.3 is 0 Å². The maximum Gasteiger partial charge on any atom is 0.0703 e. The van der Waals surface area contributed by atoms with Gasteiger partial charge in [-0.05, 0) is 43.1 Å². The van der Waals surface area contributed by atoms with Gasteiger partial charge in [-0.2, -0.15) is 0 Å². The SMILES string of the molecule is CCN(CC1CCCO1)C(CN)c1cc(Cl)ccc1Cl. The second-order valence-electron chi connectivity index (χ2n) is 5.14. The summed E-state index contributed by atoms with van der Waals surface area (Å²) in [5, 5.41) is 1.41. The Morgan fingerprint density at radius 1 is 1.45 bits per heavy atom. The summed E-state index contributed by atoms with van der Waals surface area (Å²) in [5.74, 6) is 0. The van der Waals surface area contributed by atoms with Gasteiger partial charge in [0.25, 0.3) is 0 Å². The van der Waals surface area contributed by atoms with Crippen molar-refractivity contribution >= 4 is 23.2 Å². The minimum Gasteiger partial charge on any atom is -0.377 e. The monoisotopic (exact) mass is 316 g/mol. The van der Waals surface area contributed by atoms with Crippen molar-refractivity contribution in [3.63, 3.8) is 0 Å². The molecule has 0 aliphatic carbocycles. The van der Waals surface area contributed by atoms with Gasteiger partial charge in [0.05, 0.1) is 6.10 Å². The number of nitrogens with zero attached hydrogens (tertiary/aromatic N) is 1. The summed E-state index contributed by atoms with van der Waals surface area (Å²) in [5.41, 5.74) is 6.99. The van der Waals surface area contributed by atoms with Gasteiger partial charge in [0, 0.05) is 35.8 Å². The molecule has 0 spiro atoms. The molecule has 0 bridgehead atoms. The van der Waals surface area contributed by atoms with Gasteiger partial charge in [0.1, 0.15) is 0 Å². The third kappa shape index (κ3) is 3.86. The largest absolute Gasteiger partial charge is 0.377 e. The Balaban J connectivity index is 2.17. The number of halogens is 2. The van der Waals surface area contributed by atoms with E-state index in [4.69, 9.17) is 33.7 Å². The van der Waals surface area contributed by atoms with Crippen LogP contribution in [0, 0.1) is 0 Å². The number of likely N-dealkylation sites (N-methyl/N-ethyl adjacent to an activating group) is 1. The van der Waals surface area contributed by atoms with Crippen molar-refractivity contribution in [2.24, 2.45) is 5.73 Å². The summed E-state index contributed by atoms with van der Waals surface area (Å²) in [6, 6.07) is 5.63. The van der Waals surface area contributed by atoms with Crippen LogP contribution in [0.1, 0.15) is 31.4 Å². The molecular formula is C15H22Cl2N2O. The molecule has 3 nitrogen and oxygen atoms in total. The highest BCUT2D eigenvalue weighted by Crippen LogP contribution is 2.30. The lowest BCUT2D eigenvalue weighted by atomic mass is 10.0. The Bertz CT molecular complexity index is 436. The lowest BCUT2D eigenvalue weighted by Crippen LogP contribution is -2.38. The first-order valence-electron chi connectivity index (χ1n) is 7.16. The van der Waals surface area contributed by atoms with Gasteiger partial charge < -0.3 is 10.5 Å². The van der Waals surface area contributed by atoms with E-state index in [-0.39, 0.29) is 6.04 Å². The Hall–Kier alpha value is -0.320. The molecule has 1 heterocycles. The predicted molar refractivity (Wildman–Crippen MR) is 84.5 cm³/mol. The maximum absolute atomic E-state index is 6.32.